The zero-order valence-electron chi connectivity index (χ0n) is 9.21. The van der Waals surface area contributed by atoms with Gasteiger partial charge in [-0.25, -0.2) is 4.79 Å². The van der Waals surface area contributed by atoms with Gasteiger partial charge in [-0.05, 0) is 11.6 Å². The molecule has 2 rings (SSSR count). The maximum Gasteiger partial charge on any atom is 0.415 e. The van der Waals surface area contributed by atoms with Gasteiger partial charge in [0.15, 0.2) is 6.23 Å². The number of fused-ring (bicyclic) bond motifs is 1. The summed E-state index contributed by atoms with van der Waals surface area (Å²) in [5.74, 6) is 0. The molecular formula is C12H13NO3. The van der Waals surface area contributed by atoms with Crippen LogP contribution < -0.4 is 0 Å². The summed E-state index contributed by atoms with van der Waals surface area (Å²) in [6.07, 6.45) is 2.68. The van der Waals surface area contributed by atoms with E-state index >= 15 is 0 Å². The van der Waals surface area contributed by atoms with Crippen molar-refractivity contribution in [3.8, 4) is 0 Å². The standard InChI is InChI=1S/C12H13NO3/c1-15-11-10-6-4-3-5-9(10)7-8-13(11)12(14)16-2/h3-8,11H,1-2H3. The van der Waals surface area contributed by atoms with Crippen LogP contribution >= 0.6 is 0 Å². The molecule has 0 aromatic heterocycles. The molecular weight excluding hydrogens is 206 g/mol. The molecule has 1 aliphatic heterocycles. The van der Waals surface area contributed by atoms with Crippen molar-refractivity contribution >= 4 is 12.2 Å². The maximum absolute atomic E-state index is 11.5. The minimum absolute atomic E-state index is 0.423. The van der Waals surface area contributed by atoms with E-state index in [-0.39, 0.29) is 0 Å². The van der Waals surface area contributed by atoms with Gasteiger partial charge in [-0.15, -0.1) is 0 Å². The van der Waals surface area contributed by atoms with Crippen LogP contribution in [0.1, 0.15) is 17.4 Å². The molecule has 0 saturated carbocycles. The van der Waals surface area contributed by atoms with Crippen LogP contribution in [0.15, 0.2) is 30.5 Å². The highest BCUT2D eigenvalue weighted by molar-refractivity contribution is 5.73. The summed E-state index contributed by atoms with van der Waals surface area (Å²) >= 11 is 0. The van der Waals surface area contributed by atoms with E-state index in [1.165, 1.54) is 12.0 Å². The zero-order chi connectivity index (χ0) is 11.5. The van der Waals surface area contributed by atoms with Gasteiger partial charge in [-0.3, -0.25) is 4.90 Å². The third-order valence-corrected chi connectivity index (χ3v) is 2.54. The third-order valence-electron chi connectivity index (χ3n) is 2.54. The topological polar surface area (TPSA) is 38.8 Å². The number of hydrogen-bond donors (Lipinski definition) is 0. The largest absolute Gasteiger partial charge is 0.452 e. The molecule has 0 spiro atoms. The van der Waals surface area contributed by atoms with Gasteiger partial charge >= 0.3 is 6.09 Å². The SMILES string of the molecule is COC(=O)N1C=Cc2ccccc2C1OC. The van der Waals surface area contributed by atoms with Gasteiger partial charge in [0.05, 0.1) is 7.11 Å². The van der Waals surface area contributed by atoms with E-state index in [0.29, 0.717) is 0 Å². The van der Waals surface area contributed by atoms with Crippen LogP contribution in [0.3, 0.4) is 0 Å². The van der Waals surface area contributed by atoms with Crippen molar-refractivity contribution < 1.29 is 14.3 Å². The number of carbonyl (C=O) groups is 1. The lowest BCUT2D eigenvalue weighted by Crippen LogP contribution is -2.33. The number of carbonyl (C=O) groups excluding carboxylic acids is 1. The van der Waals surface area contributed by atoms with Crippen molar-refractivity contribution in [3.63, 3.8) is 0 Å². The molecule has 16 heavy (non-hydrogen) atoms. The van der Waals surface area contributed by atoms with Gasteiger partial charge < -0.3 is 9.47 Å². The second kappa shape index (κ2) is 4.37. The van der Waals surface area contributed by atoms with Crippen LogP contribution in [0.5, 0.6) is 0 Å². The van der Waals surface area contributed by atoms with Crippen LogP contribution in [0, 0.1) is 0 Å². The highest BCUT2D eigenvalue weighted by atomic mass is 16.6. The molecule has 1 heterocycles. The van der Waals surface area contributed by atoms with Crippen molar-refractivity contribution in [2.45, 2.75) is 6.23 Å². The van der Waals surface area contributed by atoms with Crippen LogP contribution in [-0.2, 0) is 9.47 Å². The first kappa shape index (κ1) is 10.7. The average molecular weight is 219 g/mol. The molecule has 0 bridgehead atoms. The van der Waals surface area contributed by atoms with Crippen LogP contribution in [-0.4, -0.2) is 25.2 Å². The van der Waals surface area contributed by atoms with E-state index < -0.39 is 12.3 Å². The molecule has 1 unspecified atom stereocenters. The van der Waals surface area contributed by atoms with Crippen molar-refractivity contribution in [1.82, 2.24) is 4.90 Å². The number of hydrogen-bond acceptors (Lipinski definition) is 3. The Kier molecular flexibility index (Phi) is 2.92. The first-order valence-corrected chi connectivity index (χ1v) is 4.94. The Labute approximate surface area is 94.1 Å². The van der Waals surface area contributed by atoms with Crippen molar-refractivity contribution in [2.24, 2.45) is 0 Å². The summed E-state index contributed by atoms with van der Waals surface area (Å²) in [5.41, 5.74) is 2.01. The number of amides is 1. The van der Waals surface area contributed by atoms with Gasteiger partial charge in [-0.1, -0.05) is 24.3 Å². The Bertz CT molecular complexity index is 428. The maximum atomic E-state index is 11.5. The third kappa shape index (κ3) is 1.67. The molecule has 4 heteroatoms. The fraction of sp³-hybridized carbons (Fsp3) is 0.250. The van der Waals surface area contributed by atoms with Crippen LogP contribution in [0.2, 0.25) is 0 Å². The molecule has 1 amide bonds. The monoisotopic (exact) mass is 219 g/mol. The van der Waals surface area contributed by atoms with Crippen LogP contribution in [0.25, 0.3) is 6.08 Å². The normalized spacial score (nSPS) is 18.1. The predicted molar refractivity (Wildman–Crippen MR) is 59.5 cm³/mol. The summed E-state index contributed by atoms with van der Waals surface area (Å²) < 4.78 is 10.0. The molecule has 84 valence electrons. The van der Waals surface area contributed by atoms with E-state index in [2.05, 4.69) is 0 Å². The lowest BCUT2D eigenvalue weighted by atomic mass is 10.0. The molecule has 0 N–H and O–H groups in total. The summed E-state index contributed by atoms with van der Waals surface area (Å²) in [6, 6.07) is 7.78. The molecule has 0 aliphatic carbocycles. The summed E-state index contributed by atoms with van der Waals surface area (Å²) in [4.78, 5) is 12.9. The van der Waals surface area contributed by atoms with Gasteiger partial charge in [0.2, 0.25) is 0 Å². The van der Waals surface area contributed by atoms with E-state index in [9.17, 15) is 4.79 Å². The molecule has 4 nitrogen and oxygen atoms in total. The fourth-order valence-electron chi connectivity index (χ4n) is 1.78. The van der Waals surface area contributed by atoms with Gasteiger partial charge in [0.25, 0.3) is 0 Å². The van der Waals surface area contributed by atoms with Gasteiger partial charge in [0.1, 0.15) is 0 Å². The second-order valence-electron chi connectivity index (χ2n) is 3.41. The van der Waals surface area contributed by atoms with E-state index in [1.54, 1.807) is 13.3 Å². The minimum Gasteiger partial charge on any atom is -0.452 e. The first-order valence-electron chi connectivity index (χ1n) is 4.94. The Hall–Kier alpha value is -1.81. The van der Waals surface area contributed by atoms with Gasteiger partial charge in [0, 0.05) is 18.9 Å². The van der Waals surface area contributed by atoms with Crippen molar-refractivity contribution in [1.29, 1.82) is 0 Å². The smallest absolute Gasteiger partial charge is 0.415 e. The molecule has 0 radical (unpaired) electrons. The lowest BCUT2D eigenvalue weighted by molar-refractivity contribution is -0.00522. The number of methoxy groups -OCH3 is 2. The second-order valence-corrected chi connectivity index (χ2v) is 3.41. The minimum atomic E-state index is -0.433. The fourth-order valence-corrected chi connectivity index (χ4v) is 1.78. The van der Waals surface area contributed by atoms with E-state index in [1.807, 2.05) is 30.3 Å². The molecule has 1 aliphatic rings. The van der Waals surface area contributed by atoms with Crippen molar-refractivity contribution in [2.75, 3.05) is 14.2 Å². The zero-order valence-corrected chi connectivity index (χ0v) is 9.21. The molecule has 1 aromatic carbocycles. The quantitative estimate of drug-likeness (QED) is 0.728. The number of nitrogens with zero attached hydrogens (tertiary/aromatic N) is 1. The summed E-state index contributed by atoms with van der Waals surface area (Å²) in [6.45, 7) is 0. The molecule has 0 saturated heterocycles. The highest BCUT2D eigenvalue weighted by Gasteiger charge is 2.28. The van der Waals surface area contributed by atoms with E-state index in [4.69, 9.17) is 9.47 Å². The predicted octanol–water partition coefficient (Wildman–Crippen LogP) is 2.38. The van der Waals surface area contributed by atoms with Crippen LogP contribution in [0.4, 0.5) is 4.79 Å². The first-order chi connectivity index (χ1) is 7.77. The number of rotatable bonds is 1. The molecule has 1 atom stereocenters. The summed E-state index contributed by atoms with van der Waals surface area (Å²) in [7, 11) is 2.92. The van der Waals surface area contributed by atoms with Gasteiger partial charge in [-0.2, -0.15) is 0 Å². The Morgan fingerprint density at radius 1 is 1.31 bits per heavy atom. The summed E-state index contributed by atoms with van der Waals surface area (Å²) in [5, 5.41) is 0. The Morgan fingerprint density at radius 2 is 2.06 bits per heavy atom. The molecule has 1 aromatic rings. The van der Waals surface area contributed by atoms with E-state index in [0.717, 1.165) is 11.1 Å². The average Bonchev–Trinajstić information content (AvgIpc) is 2.36. The number of benzene rings is 1. The Balaban J connectivity index is 2.40. The Morgan fingerprint density at radius 3 is 2.75 bits per heavy atom. The molecule has 0 fully saturated rings. The number of ether oxygens (including phenoxy) is 2. The lowest BCUT2D eigenvalue weighted by Gasteiger charge is -2.30. The van der Waals surface area contributed by atoms with Crippen molar-refractivity contribution in [3.05, 3.63) is 41.6 Å². The highest BCUT2D eigenvalue weighted by Crippen LogP contribution is 2.30.